The van der Waals surface area contributed by atoms with Gasteiger partial charge in [-0.2, -0.15) is 0 Å². The minimum atomic E-state index is 0.0192. The first-order valence-electron chi connectivity index (χ1n) is 9.29. The fourth-order valence-corrected chi connectivity index (χ4v) is 3.59. The van der Waals surface area contributed by atoms with E-state index < -0.39 is 0 Å². The van der Waals surface area contributed by atoms with E-state index in [0.29, 0.717) is 26.2 Å². The molecule has 1 unspecified atom stereocenters. The number of allylic oxidation sites excluding steroid dienone is 1. The summed E-state index contributed by atoms with van der Waals surface area (Å²) in [6, 6.07) is 7.60. The van der Waals surface area contributed by atoms with Crippen LogP contribution in [0, 0.1) is 0 Å². The number of carbonyl (C=O) groups excluding carboxylic acids is 1. The van der Waals surface area contributed by atoms with Gasteiger partial charge in [-0.25, -0.2) is 4.79 Å². The Labute approximate surface area is 163 Å². The predicted molar refractivity (Wildman–Crippen MR) is 104 cm³/mol. The molecule has 2 aromatic rings. The molecular formula is C19H24N6O3. The van der Waals surface area contributed by atoms with E-state index in [0.717, 1.165) is 36.4 Å². The van der Waals surface area contributed by atoms with E-state index >= 15 is 0 Å². The minimum absolute atomic E-state index is 0.0192. The Morgan fingerprint density at radius 3 is 2.79 bits per heavy atom. The van der Waals surface area contributed by atoms with Crippen molar-refractivity contribution in [3.05, 3.63) is 42.7 Å². The van der Waals surface area contributed by atoms with Gasteiger partial charge in [-0.05, 0) is 24.3 Å². The van der Waals surface area contributed by atoms with Crippen molar-refractivity contribution in [3.8, 4) is 11.5 Å². The molecule has 1 aromatic heterocycles. The summed E-state index contributed by atoms with van der Waals surface area (Å²) in [7, 11) is 1.63. The fourth-order valence-electron chi connectivity index (χ4n) is 3.59. The van der Waals surface area contributed by atoms with E-state index in [9.17, 15) is 4.79 Å². The highest BCUT2D eigenvalue weighted by atomic mass is 16.5. The molecular weight excluding hydrogens is 360 g/mol. The number of hydrogen-bond acceptors (Lipinski definition) is 6. The lowest BCUT2D eigenvalue weighted by atomic mass is 10.2. The first kappa shape index (κ1) is 18.1. The van der Waals surface area contributed by atoms with Crippen LogP contribution in [0.4, 0.5) is 10.7 Å². The maximum atomic E-state index is 11.8. The Bertz CT molecular complexity index is 850. The van der Waals surface area contributed by atoms with Gasteiger partial charge >= 0.3 is 6.03 Å². The van der Waals surface area contributed by atoms with Crippen molar-refractivity contribution < 1.29 is 14.3 Å². The van der Waals surface area contributed by atoms with Crippen LogP contribution in [0.5, 0.6) is 11.5 Å². The Morgan fingerprint density at radius 2 is 2.04 bits per heavy atom. The van der Waals surface area contributed by atoms with Gasteiger partial charge in [0.05, 0.1) is 13.2 Å². The number of amides is 2. The number of rotatable bonds is 7. The molecule has 1 atom stereocenters. The molecule has 4 rings (SSSR count). The number of urea groups is 1. The highest BCUT2D eigenvalue weighted by Crippen LogP contribution is 2.22. The SMILES string of the molecule is C=CCn1c(COc2ccc(OC)cc2)nnc1N1CCN2C(=O)NCC2C1. The van der Waals surface area contributed by atoms with Crippen LogP contribution in [0.3, 0.4) is 0 Å². The molecule has 2 amide bonds. The topological polar surface area (TPSA) is 84.8 Å². The average molecular weight is 384 g/mol. The van der Waals surface area contributed by atoms with Gasteiger partial charge < -0.3 is 24.6 Å². The van der Waals surface area contributed by atoms with Crippen molar-refractivity contribution in [2.24, 2.45) is 0 Å². The number of nitrogens with zero attached hydrogens (tertiary/aromatic N) is 5. The molecule has 0 aliphatic carbocycles. The second-order valence-corrected chi connectivity index (χ2v) is 6.76. The molecule has 2 fully saturated rings. The highest BCUT2D eigenvalue weighted by Gasteiger charge is 2.36. The van der Waals surface area contributed by atoms with E-state index in [1.165, 1.54) is 0 Å². The van der Waals surface area contributed by atoms with Gasteiger partial charge in [0.25, 0.3) is 0 Å². The molecule has 2 saturated heterocycles. The van der Waals surface area contributed by atoms with Crippen LogP contribution in [0.2, 0.25) is 0 Å². The second-order valence-electron chi connectivity index (χ2n) is 6.76. The van der Waals surface area contributed by atoms with Crippen LogP contribution in [-0.2, 0) is 13.2 Å². The number of hydrogen-bond donors (Lipinski definition) is 1. The van der Waals surface area contributed by atoms with Crippen molar-refractivity contribution >= 4 is 12.0 Å². The van der Waals surface area contributed by atoms with Crippen molar-refractivity contribution in [2.45, 2.75) is 19.2 Å². The number of nitrogens with one attached hydrogen (secondary N) is 1. The molecule has 28 heavy (non-hydrogen) atoms. The summed E-state index contributed by atoms with van der Waals surface area (Å²) in [5.74, 6) is 3.03. The van der Waals surface area contributed by atoms with Crippen LogP contribution in [0.1, 0.15) is 5.82 Å². The van der Waals surface area contributed by atoms with Gasteiger partial charge in [-0.1, -0.05) is 6.08 Å². The molecule has 3 heterocycles. The number of methoxy groups -OCH3 is 1. The molecule has 9 heteroatoms. The average Bonchev–Trinajstić information content (AvgIpc) is 3.30. The standard InChI is InChI=1S/C19H24N6O3/c1-3-8-25-17(13-28-16-6-4-15(27-2)5-7-16)21-22-18(25)23-9-10-24-14(12-23)11-20-19(24)26/h3-7,14H,1,8-13H2,2H3,(H,20,26). The van der Waals surface area contributed by atoms with E-state index in [4.69, 9.17) is 9.47 Å². The second kappa shape index (κ2) is 7.79. The third-order valence-corrected chi connectivity index (χ3v) is 5.06. The number of anilines is 1. The summed E-state index contributed by atoms with van der Waals surface area (Å²) in [5.41, 5.74) is 0. The zero-order chi connectivity index (χ0) is 19.5. The van der Waals surface area contributed by atoms with Crippen LogP contribution in [0.15, 0.2) is 36.9 Å². The fraction of sp³-hybridized carbons (Fsp3) is 0.421. The number of ether oxygens (including phenoxy) is 2. The highest BCUT2D eigenvalue weighted by molar-refractivity contribution is 5.77. The smallest absolute Gasteiger partial charge is 0.317 e. The minimum Gasteiger partial charge on any atom is -0.497 e. The van der Waals surface area contributed by atoms with Gasteiger partial charge in [-0.15, -0.1) is 16.8 Å². The Hall–Kier alpha value is -3.23. The number of aromatic nitrogens is 3. The lowest BCUT2D eigenvalue weighted by Crippen LogP contribution is -2.52. The lowest BCUT2D eigenvalue weighted by Gasteiger charge is -2.36. The van der Waals surface area contributed by atoms with E-state index in [2.05, 4.69) is 27.0 Å². The molecule has 2 aliphatic heterocycles. The number of carbonyl (C=O) groups is 1. The molecule has 148 valence electrons. The molecule has 0 spiro atoms. The molecule has 0 saturated carbocycles. The number of benzene rings is 1. The Balaban J connectivity index is 1.47. The Morgan fingerprint density at radius 1 is 1.25 bits per heavy atom. The number of fused-ring (bicyclic) bond motifs is 1. The molecule has 9 nitrogen and oxygen atoms in total. The summed E-state index contributed by atoms with van der Waals surface area (Å²) in [5, 5.41) is 11.6. The maximum Gasteiger partial charge on any atom is 0.317 e. The maximum absolute atomic E-state index is 11.8. The molecule has 1 aromatic carbocycles. The summed E-state index contributed by atoms with van der Waals surface area (Å²) < 4.78 is 13.0. The third-order valence-electron chi connectivity index (χ3n) is 5.06. The zero-order valence-corrected chi connectivity index (χ0v) is 15.9. The van der Waals surface area contributed by atoms with E-state index in [1.807, 2.05) is 39.8 Å². The van der Waals surface area contributed by atoms with Crippen LogP contribution < -0.4 is 19.7 Å². The van der Waals surface area contributed by atoms with Gasteiger partial charge in [0.15, 0.2) is 5.82 Å². The first-order chi connectivity index (χ1) is 13.7. The largest absolute Gasteiger partial charge is 0.497 e. The molecule has 1 N–H and O–H groups in total. The molecule has 2 aliphatic rings. The van der Waals surface area contributed by atoms with Gasteiger partial charge in [0.1, 0.15) is 18.1 Å². The van der Waals surface area contributed by atoms with E-state index in [1.54, 1.807) is 7.11 Å². The van der Waals surface area contributed by atoms with Gasteiger partial charge in [-0.3, -0.25) is 4.57 Å². The summed E-state index contributed by atoms with van der Waals surface area (Å²) >= 11 is 0. The van der Waals surface area contributed by atoms with Crippen LogP contribution in [0.25, 0.3) is 0 Å². The van der Waals surface area contributed by atoms with Crippen LogP contribution >= 0.6 is 0 Å². The lowest BCUT2D eigenvalue weighted by molar-refractivity contribution is 0.197. The quantitative estimate of drug-likeness (QED) is 0.724. The van der Waals surface area contributed by atoms with Crippen molar-refractivity contribution in [1.29, 1.82) is 0 Å². The van der Waals surface area contributed by atoms with Crippen molar-refractivity contribution in [2.75, 3.05) is 38.2 Å². The van der Waals surface area contributed by atoms with Gasteiger partial charge in [0.2, 0.25) is 5.95 Å². The van der Waals surface area contributed by atoms with Crippen molar-refractivity contribution in [1.82, 2.24) is 25.0 Å². The summed E-state index contributed by atoms with van der Waals surface area (Å²) in [4.78, 5) is 15.9. The predicted octanol–water partition coefficient (Wildman–Crippen LogP) is 1.27. The molecule has 0 bridgehead atoms. The Kier molecular flexibility index (Phi) is 5.05. The van der Waals surface area contributed by atoms with Crippen LogP contribution in [-0.4, -0.2) is 65.0 Å². The van der Waals surface area contributed by atoms with E-state index in [-0.39, 0.29) is 12.1 Å². The zero-order valence-electron chi connectivity index (χ0n) is 15.9. The third kappa shape index (κ3) is 3.47. The monoisotopic (exact) mass is 384 g/mol. The van der Waals surface area contributed by atoms with Crippen molar-refractivity contribution in [3.63, 3.8) is 0 Å². The summed E-state index contributed by atoms with van der Waals surface area (Å²) in [6.07, 6.45) is 1.82. The number of piperazine rings is 1. The summed E-state index contributed by atoms with van der Waals surface area (Å²) in [6.45, 7) is 7.53. The molecule has 0 radical (unpaired) electrons. The van der Waals surface area contributed by atoms with Gasteiger partial charge in [0, 0.05) is 32.7 Å². The normalized spacial score (nSPS) is 18.6. The first-order valence-corrected chi connectivity index (χ1v) is 9.29.